The number of nitrogens with one attached hydrogen (secondary N) is 1. The molecule has 0 radical (unpaired) electrons. The summed E-state index contributed by atoms with van der Waals surface area (Å²) in [7, 11) is 1.65. The first-order valence-corrected chi connectivity index (χ1v) is 9.83. The van der Waals surface area contributed by atoms with Crippen molar-refractivity contribution in [2.75, 3.05) is 51.3 Å². The lowest BCUT2D eigenvalue weighted by atomic mass is 9.93. The maximum absolute atomic E-state index is 12.4. The Hall–Kier alpha value is -2.17. The van der Waals surface area contributed by atoms with E-state index in [2.05, 4.69) is 26.2 Å². The van der Waals surface area contributed by atoms with Crippen molar-refractivity contribution >= 4 is 11.7 Å². The molecule has 2 fully saturated rings. The highest BCUT2D eigenvalue weighted by Crippen LogP contribution is 2.26. The number of likely N-dealkylation sites (tertiary alicyclic amines) is 1. The Morgan fingerprint density at radius 3 is 2.93 bits per heavy atom. The Labute approximate surface area is 161 Å². The second-order valence-electron chi connectivity index (χ2n) is 7.35. The second-order valence-corrected chi connectivity index (χ2v) is 7.35. The Balaban J connectivity index is 1.50. The van der Waals surface area contributed by atoms with Gasteiger partial charge in [-0.3, -0.25) is 9.69 Å². The van der Waals surface area contributed by atoms with Gasteiger partial charge in [-0.25, -0.2) is 4.98 Å². The number of nitrogens with zero attached hydrogens (tertiary/aromatic N) is 4. The van der Waals surface area contributed by atoms with Crippen molar-refractivity contribution in [1.82, 2.24) is 15.2 Å². The monoisotopic (exact) mass is 371 g/mol. The Morgan fingerprint density at radius 1 is 1.37 bits per heavy atom. The minimum absolute atomic E-state index is 0.0858. The molecule has 1 atom stereocenters. The molecule has 0 aromatic carbocycles. The maximum atomic E-state index is 12.4. The van der Waals surface area contributed by atoms with Gasteiger partial charge in [0, 0.05) is 45.5 Å². The lowest BCUT2D eigenvalue weighted by molar-refractivity contribution is -0.127. The van der Waals surface area contributed by atoms with Gasteiger partial charge in [0.1, 0.15) is 5.82 Å². The van der Waals surface area contributed by atoms with E-state index in [1.165, 1.54) is 0 Å². The number of ether oxygens (including phenoxy) is 1. The van der Waals surface area contributed by atoms with Gasteiger partial charge in [0.15, 0.2) is 0 Å². The molecule has 7 heteroatoms. The van der Waals surface area contributed by atoms with Gasteiger partial charge in [-0.1, -0.05) is 0 Å². The topological polar surface area (TPSA) is 81.5 Å². The lowest BCUT2D eigenvalue weighted by Gasteiger charge is -2.42. The molecule has 146 valence electrons. The number of piperidine rings is 2. The van der Waals surface area contributed by atoms with Crippen LogP contribution >= 0.6 is 0 Å². The van der Waals surface area contributed by atoms with Crippen molar-refractivity contribution in [1.29, 1.82) is 5.26 Å². The Morgan fingerprint density at radius 2 is 2.19 bits per heavy atom. The quantitative estimate of drug-likeness (QED) is 0.761. The van der Waals surface area contributed by atoms with Gasteiger partial charge >= 0.3 is 0 Å². The molecular weight excluding hydrogens is 342 g/mol. The molecule has 2 saturated heterocycles. The largest absolute Gasteiger partial charge is 0.383 e. The molecule has 2 aliphatic rings. The third-order valence-corrected chi connectivity index (χ3v) is 5.61. The summed E-state index contributed by atoms with van der Waals surface area (Å²) in [6, 6.07) is 6.30. The Bertz CT molecular complexity index is 667. The van der Waals surface area contributed by atoms with Crippen molar-refractivity contribution in [3.63, 3.8) is 0 Å². The summed E-state index contributed by atoms with van der Waals surface area (Å²) in [5.41, 5.74) is 0.653. The molecule has 0 bridgehead atoms. The van der Waals surface area contributed by atoms with Crippen molar-refractivity contribution in [2.45, 2.75) is 31.7 Å². The lowest BCUT2D eigenvalue weighted by Crippen LogP contribution is -2.51. The van der Waals surface area contributed by atoms with Crippen LogP contribution in [0.5, 0.6) is 0 Å². The fourth-order valence-electron chi connectivity index (χ4n) is 4.09. The minimum Gasteiger partial charge on any atom is -0.383 e. The number of aromatic nitrogens is 1. The summed E-state index contributed by atoms with van der Waals surface area (Å²) in [5.74, 6) is 1.14. The summed E-state index contributed by atoms with van der Waals surface area (Å²) in [6.45, 7) is 4.95. The molecule has 7 nitrogen and oxygen atoms in total. The number of nitriles is 1. The molecule has 1 aromatic heterocycles. The molecule has 0 unspecified atom stereocenters. The zero-order chi connectivity index (χ0) is 19.1. The van der Waals surface area contributed by atoms with E-state index in [0.717, 1.165) is 57.7 Å². The van der Waals surface area contributed by atoms with Crippen LogP contribution in [0.3, 0.4) is 0 Å². The fourth-order valence-corrected chi connectivity index (χ4v) is 4.09. The average molecular weight is 371 g/mol. The van der Waals surface area contributed by atoms with E-state index in [0.29, 0.717) is 24.8 Å². The van der Waals surface area contributed by atoms with E-state index in [1.807, 2.05) is 6.07 Å². The summed E-state index contributed by atoms with van der Waals surface area (Å²) in [6.07, 6.45) is 5.89. The molecule has 3 heterocycles. The molecule has 1 amide bonds. The van der Waals surface area contributed by atoms with Gasteiger partial charge in [0.25, 0.3) is 0 Å². The first-order valence-electron chi connectivity index (χ1n) is 9.83. The number of methoxy groups -OCH3 is 1. The summed E-state index contributed by atoms with van der Waals surface area (Å²) >= 11 is 0. The van der Waals surface area contributed by atoms with Crippen LogP contribution in [0, 0.1) is 17.2 Å². The molecule has 0 aliphatic carbocycles. The standard InChI is InChI=1S/C20H29N5O2/c1-27-12-8-23-20(26)17-3-2-9-25(15-17)18-5-10-24(11-6-18)19-13-16(14-21)4-7-22-19/h4,7,13,17-18H,2-3,5-6,8-12,15H2,1H3,(H,23,26)/t17-/m1/s1. The SMILES string of the molecule is COCCNC(=O)[C@@H]1CCCN(C2CCN(c3cc(C#N)ccn3)CC2)C1. The molecule has 2 aliphatic heterocycles. The first-order chi connectivity index (χ1) is 13.2. The molecular formula is C20H29N5O2. The van der Waals surface area contributed by atoms with Crippen LogP contribution in [-0.2, 0) is 9.53 Å². The minimum atomic E-state index is 0.0858. The van der Waals surface area contributed by atoms with Crippen LogP contribution in [-0.4, -0.2) is 68.3 Å². The normalized spacial score (nSPS) is 21.6. The highest BCUT2D eigenvalue weighted by molar-refractivity contribution is 5.78. The first kappa shape index (κ1) is 19.6. The van der Waals surface area contributed by atoms with E-state index in [1.54, 1.807) is 19.4 Å². The van der Waals surface area contributed by atoms with Crippen molar-refractivity contribution in [3.05, 3.63) is 23.9 Å². The average Bonchev–Trinajstić information content (AvgIpc) is 2.74. The van der Waals surface area contributed by atoms with Crippen molar-refractivity contribution in [2.24, 2.45) is 5.92 Å². The number of pyridine rings is 1. The van der Waals surface area contributed by atoms with E-state index >= 15 is 0 Å². The molecule has 0 spiro atoms. The van der Waals surface area contributed by atoms with Crippen molar-refractivity contribution < 1.29 is 9.53 Å². The molecule has 1 aromatic rings. The summed E-state index contributed by atoms with van der Waals surface area (Å²) in [4.78, 5) is 21.5. The number of amides is 1. The van der Waals surface area contributed by atoms with E-state index in [4.69, 9.17) is 10.00 Å². The number of rotatable bonds is 6. The van der Waals surface area contributed by atoms with Gasteiger partial charge in [0.2, 0.25) is 5.91 Å². The Kier molecular flexibility index (Phi) is 7.02. The third kappa shape index (κ3) is 5.18. The molecule has 27 heavy (non-hydrogen) atoms. The van der Waals surface area contributed by atoms with Crippen LogP contribution in [0.1, 0.15) is 31.2 Å². The molecule has 1 N–H and O–H groups in total. The van der Waals surface area contributed by atoms with Gasteiger partial charge in [-0.05, 0) is 44.4 Å². The van der Waals surface area contributed by atoms with E-state index in [9.17, 15) is 4.79 Å². The number of hydrogen-bond acceptors (Lipinski definition) is 6. The van der Waals surface area contributed by atoms with Crippen LogP contribution < -0.4 is 10.2 Å². The predicted molar refractivity (Wildman–Crippen MR) is 103 cm³/mol. The zero-order valence-corrected chi connectivity index (χ0v) is 16.1. The summed E-state index contributed by atoms with van der Waals surface area (Å²) in [5, 5.41) is 12.1. The van der Waals surface area contributed by atoms with Gasteiger partial charge < -0.3 is 15.0 Å². The van der Waals surface area contributed by atoms with E-state index < -0.39 is 0 Å². The van der Waals surface area contributed by atoms with Gasteiger partial charge in [-0.15, -0.1) is 0 Å². The number of carbonyl (C=O) groups excluding carboxylic acids is 1. The van der Waals surface area contributed by atoms with Crippen LogP contribution in [0.15, 0.2) is 18.3 Å². The van der Waals surface area contributed by atoms with Crippen molar-refractivity contribution in [3.8, 4) is 6.07 Å². The number of carbonyl (C=O) groups is 1. The molecule has 0 saturated carbocycles. The number of hydrogen-bond donors (Lipinski definition) is 1. The number of anilines is 1. The van der Waals surface area contributed by atoms with E-state index in [-0.39, 0.29) is 11.8 Å². The van der Waals surface area contributed by atoms with Crippen LogP contribution in [0.2, 0.25) is 0 Å². The second kappa shape index (κ2) is 9.67. The maximum Gasteiger partial charge on any atom is 0.224 e. The van der Waals surface area contributed by atoms with Gasteiger partial charge in [-0.2, -0.15) is 5.26 Å². The predicted octanol–water partition coefficient (Wildman–Crippen LogP) is 1.40. The molecule has 3 rings (SSSR count). The van der Waals surface area contributed by atoms with Gasteiger partial charge in [0.05, 0.1) is 24.2 Å². The highest BCUT2D eigenvalue weighted by Gasteiger charge is 2.31. The van der Waals surface area contributed by atoms with Crippen LogP contribution in [0.4, 0.5) is 5.82 Å². The fraction of sp³-hybridized carbons (Fsp3) is 0.650. The highest BCUT2D eigenvalue weighted by atomic mass is 16.5. The zero-order valence-electron chi connectivity index (χ0n) is 16.1. The smallest absolute Gasteiger partial charge is 0.224 e. The van der Waals surface area contributed by atoms with Crippen LogP contribution in [0.25, 0.3) is 0 Å². The third-order valence-electron chi connectivity index (χ3n) is 5.61. The summed E-state index contributed by atoms with van der Waals surface area (Å²) < 4.78 is 5.00.